The van der Waals surface area contributed by atoms with Crippen LogP contribution >= 0.6 is 0 Å². The van der Waals surface area contributed by atoms with E-state index in [1.54, 1.807) is 36.4 Å². The lowest BCUT2D eigenvalue weighted by Crippen LogP contribution is -2.00. The van der Waals surface area contributed by atoms with Gasteiger partial charge in [-0.3, -0.25) is 0 Å². The molecule has 1 heterocycles. The largest absolute Gasteiger partial charge is 0.489 e. The first-order chi connectivity index (χ1) is 11.6. The monoisotopic (exact) mass is 328 g/mol. The number of hydrogen-bond donors (Lipinski definition) is 1. The lowest BCUT2D eigenvalue weighted by atomic mass is 10.2. The van der Waals surface area contributed by atoms with Gasteiger partial charge in [0.2, 0.25) is 5.88 Å². The topological polar surface area (TPSA) is 57.4 Å². The Morgan fingerprint density at radius 2 is 1.67 bits per heavy atom. The Morgan fingerprint density at radius 1 is 0.917 bits per heavy atom. The Bertz CT molecular complexity index is 821. The predicted octanol–water partition coefficient (Wildman–Crippen LogP) is 4.31. The second kappa shape index (κ2) is 6.95. The third-order valence-corrected chi connectivity index (χ3v) is 3.23. The van der Waals surface area contributed by atoms with Crippen LogP contribution in [0.25, 0.3) is 0 Å². The number of pyridine rings is 1. The number of benzene rings is 2. The molecule has 0 unspecified atom stereocenters. The molecule has 0 spiro atoms. The Labute approximate surface area is 137 Å². The van der Waals surface area contributed by atoms with E-state index in [4.69, 9.17) is 15.2 Å². The Morgan fingerprint density at radius 3 is 2.38 bits per heavy atom. The van der Waals surface area contributed by atoms with Crippen LogP contribution in [0.2, 0.25) is 0 Å². The van der Waals surface area contributed by atoms with Crippen molar-refractivity contribution in [2.75, 3.05) is 5.73 Å². The van der Waals surface area contributed by atoms with E-state index in [9.17, 15) is 8.78 Å². The van der Waals surface area contributed by atoms with Gasteiger partial charge in [0.15, 0.2) is 11.6 Å². The first-order valence-corrected chi connectivity index (χ1v) is 7.17. The van der Waals surface area contributed by atoms with Crippen molar-refractivity contribution < 1.29 is 18.3 Å². The highest BCUT2D eigenvalue weighted by molar-refractivity contribution is 5.38. The number of halogens is 2. The second-order valence-electron chi connectivity index (χ2n) is 5.00. The van der Waals surface area contributed by atoms with Crippen LogP contribution in [-0.2, 0) is 6.61 Å². The van der Waals surface area contributed by atoms with Gasteiger partial charge in [0.25, 0.3) is 0 Å². The molecule has 24 heavy (non-hydrogen) atoms. The first kappa shape index (κ1) is 15.7. The molecule has 0 bridgehead atoms. The summed E-state index contributed by atoms with van der Waals surface area (Å²) in [4.78, 5) is 4.03. The molecule has 1 aromatic heterocycles. The number of nitrogens with two attached hydrogens (primary N) is 1. The number of nitrogens with zero attached hydrogens (tertiary/aromatic N) is 1. The molecule has 122 valence electrons. The minimum absolute atomic E-state index is 0.0662. The summed E-state index contributed by atoms with van der Waals surface area (Å²) in [6, 6.07) is 14.0. The molecule has 0 radical (unpaired) electrons. The van der Waals surface area contributed by atoms with Crippen LogP contribution in [0.4, 0.5) is 14.5 Å². The van der Waals surface area contributed by atoms with Crippen LogP contribution in [0.5, 0.6) is 17.4 Å². The zero-order valence-electron chi connectivity index (χ0n) is 12.6. The molecule has 0 aliphatic rings. The van der Waals surface area contributed by atoms with Crippen molar-refractivity contribution in [3.8, 4) is 17.4 Å². The number of anilines is 1. The van der Waals surface area contributed by atoms with E-state index in [1.165, 1.54) is 18.3 Å². The third kappa shape index (κ3) is 3.78. The zero-order chi connectivity index (χ0) is 16.9. The first-order valence-electron chi connectivity index (χ1n) is 7.17. The van der Waals surface area contributed by atoms with Gasteiger partial charge in [-0.1, -0.05) is 12.1 Å². The van der Waals surface area contributed by atoms with E-state index >= 15 is 0 Å². The van der Waals surface area contributed by atoms with Crippen molar-refractivity contribution in [2.24, 2.45) is 0 Å². The highest BCUT2D eigenvalue weighted by Crippen LogP contribution is 2.23. The number of hydrogen-bond acceptors (Lipinski definition) is 4. The van der Waals surface area contributed by atoms with Crippen molar-refractivity contribution in [1.29, 1.82) is 0 Å². The van der Waals surface area contributed by atoms with Gasteiger partial charge in [-0.2, -0.15) is 0 Å². The maximum atomic E-state index is 13.5. The van der Waals surface area contributed by atoms with Crippen molar-refractivity contribution >= 4 is 5.69 Å². The average Bonchev–Trinajstić information content (AvgIpc) is 2.59. The molecule has 0 atom stereocenters. The van der Waals surface area contributed by atoms with Crippen molar-refractivity contribution in [3.63, 3.8) is 0 Å². The molecule has 0 saturated carbocycles. The summed E-state index contributed by atoms with van der Waals surface area (Å²) in [5.74, 6) is -0.296. The fourth-order valence-electron chi connectivity index (χ4n) is 2.00. The normalized spacial score (nSPS) is 10.4. The van der Waals surface area contributed by atoms with Gasteiger partial charge in [0.1, 0.15) is 18.1 Å². The molecule has 2 aromatic carbocycles. The number of aromatic nitrogens is 1. The summed E-state index contributed by atoms with van der Waals surface area (Å²) in [6.45, 7) is -0.0662. The summed E-state index contributed by atoms with van der Waals surface area (Å²) in [5.41, 5.74) is 6.26. The number of nitrogen functional groups attached to an aromatic ring is 1. The van der Waals surface area contributed by atoms with E-state index in [0.717, 1.165) is 6.07 Å². The minimum Gasteiger partial charge on any atom is -0.489 e. The average molecular weight is 328 g/mol. The summed E-state index contributed by atoms with van der Waals surface area (Å²) in [6.07, 6.45) is 1.50. The second-order valence-corrected chi connectivity index (χ2v) is 5.00. The summed E-state index contributed by atoms with van der Waals surface area (Å²) in [5, 5.41) is 0. The van der Waals surface area contributed by atoms with Crippen molar-refractivity contribution in [1.82, 2.24) is 4.98 Å². The van der Waals surface area contributed by atoms with E-state index in [2.05, 4.69) is 4.98 Å². The lowest BCUT2D eigenvalue weighted by molar-refractivity contribution is 0.296. The van der Waals surface area contributed by atoms with Crippen LogP contribution in [0.1, 0.15) is 5.56 Å². The molecular weight excluding hydrogens is 314 g/mol. The van der Waals surface area contributed by atoms with Crippen LogP contribution in [-0.4, -0.2) is 4.98 Å². The van der Waals surface area contributed by atoms with Gasteiger partial charge in [-0.05, 0) is 36.4 Å². The fraction of sp³-hybridized carbons (Fsp3) is 0.0556. The molecule has 0 fully saturated rings. The quantitative estimate of drug-likeness (QED) is 0.758. The van der Waals surface area contributed by atoms with Gasteiger partial charge in [-0.15, -0.1) is 0 Å². The summed E-state index contributed by atoms with van der Waals surface area (Å²) >= 11 is 0. The SMILES string of the molecule is Nc1ccc(Oc2ccc(OCc3cccc(F)c3F)cc2)nc1. The Kier molecular flexibility index (Phi) is 4.56. The maximum Gasteiger partial charge on any atom is 0.219 e. The highest BCUT2D eigenvalue weighted by atomic mass is 19.2. The molecule has 2 N–H and O–H groups in total. The highest BCUT2D eigenvalue weighted by Gasteiger charge is 2.08. The number of ether oxygens (including phenoxy) is 2. The molecule has 6 heteroatoms. The molecule has 4 nitrogen and oxygen atoms in total. The van der Waals surface area contributed by atoms with Gasteiger partial charge in [-0.25, -0.2) is 13.8 Å². The Balaban J connectivity index is 1.62. The minimum atomic E-state index is -0.896. The van der Waals surface area contributed by atoms with E-state index in [0.29, 0.717) is 23.1 Å². The maximum absolute atomic E-state index is 13.5. The van der Waals surface area contributed by atoms with E-state index in [-0.39, 0.29) is 12.2 Å². The smallest absolute Gasteiger partial charge is 0.219 e. The van der Waals surface area contributed by atoms with E-state index in [1.807, 2.05) is 0 Å². The van der Waals surface area contributed by atoms with Crippen molar-refractivity contribution in [3.05, 3.63) is 78.0 Å². The third-order valence-electron chi connectivity index (χ3n) is 3.23. The summed E-state index contributed by atoms with van der Waals surface area (Å²) in [7, 11) is 0. The zero-order valence-corrected chi connectivity index (χ0v) is 12.6. The summed E-state index contributed by atoms with van der Waals surface area (Å²) < 4.78 is 37.7. The lowest BCUT2D eigenvalue weighted by Gasteiger charge is -2.09. The van der Waals surface area contributed by atoms with Gasteiger partial charge < -0.3 is 15.2 Å². The van der Waals surface area contributed by atoms with Crippen LogP contribution in [0, 0.1) is 11.6 Å². The molecule has 0 amide bonds. The fourth-order valence-corrected chi connectivity index (χ4v) is 2.00. The predicted molar refractivity (Wildman–Crippen MR) is 85.9 cm³/mol. The van der Waals surface area contributed by atoms with Crippen LogP contribution in [0.15, 0.2) is 60.8 Å². The van der Waals surface area contributed by atoms with Crippen LogP contribution in [0.3, 0.4) is 0 Å². The molecule has 0 saturated heterocycles. The molecule has 3 rings (SSSR count). The number of rotatable bonds is 5. The molecule has 0 aliphatic heterocycles. The Hall–Kier alpha value is -3.15. The van der Waals surface area contributed by atoms with Gasteiger partial charge in [0, 0.05) is 11.6 Å². The van der Waals surface area contributed by atoms with Crippen LogP contribution < -0.4 is 15.2 Å². The molecular formula is C18H14F2N2O2. The molecule has 0 aliphatic carbocycles. The van der Waals surface area contributed by atoms with Gasteiger partial charge in [0.05, 0.1) is 11.9 Å². The van der Waals surface area contributed by atoms with E-state index < -0.39 is 11.6 Å². The van der Waals surface area contributed by atoms with Gasteiger partial charge >= 0.3 is 0 Å². The standard InChI is InChI=1S/C18H14F2N2O2/c19-16-3-1-2-12(18(16)20)11-23-14-5-7-15(8-6-14)24-17-9-4-13(21)10-22-17/h1-10H,11,21H2. The molecule has 3 aromatic rings. The van der Waals surface area contributed by atoms with Crippen molar-refractivity contribution in [2.45, 2.75) is 6.61 Å².